The molecule has 0 aliphatic carbocycles. The number of nitrogens with zero attached hydrogens (tertiary/aromatic N) is 3. The fraction of sp³-hybridized carbons (Fsp3) is 0. The lowest BCUT2D eigenvalue weighted by molar-refractivity contribution is 0.669. The van der Waals surface area contributed by atoms with E-state index in [4.69, 9.17) is 27.9 Å². The Bertz CT molecular complexity index is 3220. The highest BCUT2D eigenvalue weighted by Gasteiger charge is 2.19. The average molecular weight is 648 g/mol. The Kier molecular flexibility index (Phi) is 5.17. The van der Waals surface area contributed by atoms with Gasteiger partial charge in [-0.15, -0.1) is 0 Å². The van der Waals surface area contributed by atoms with Crippen molar-refractivity contribution < 1.29 is 17.1 Å². The SMILES string of the molecule is [2H]c1c([2H])c([2H])c2c(oc3c([2H])c(-c4nc(-c5ccccc5)nc(-c5cccc6c5oc5ccccc56)n4)c([2H])c([2H])c32)c1-c1cccc(-c2ccccc2)c1. The van der Waals surface area contributed by atoms with Crippen LogP contribution in [-0.4, -0.2) is 15.0 Å². The molecule has 0 aliphatic rings. The van der Waals surface area contributed by atoms with Gasteiger partial charge in [-0.1, -0.05) is 133 Å². The van der Waals surface area contributed by atoms with Crippen LogP contribution in [-0.2, 0) is 0 Å². The van der Waals surface area contributed by atoms with Crippen molar-refractivity contribution in [2.24, 2.45) is 0 Å². The molecule has 7 aromatic carbocycles. The zero-order valence-corrected chi connectivity index (χ0v) is 26.3. The minimum Gasteiger partial charge on any atom is -0.455 e. The lowest BCUT2D eigenvalue weighted by Gasteiger charge is -2.08. The summed E-state index contributed by atoms with van der Waals surface area (Å²) in [7, 11) is 0. The summed E-state index contributed by atoms with van der Waals surface area (Å²) in [6.45, 7) is 0. The Morgan fingerprint density at radius 2 is 1.04 bits per heavy atom. The van der Waals surface area contributed by atoms with Gasteiger partial charge in [-0.05, 0) is 47.0 Å². The number of rotatable bonds is 5. The van der Waals surface area contributed by atoms with E-state index in [0.29, 0.717) is 33.7 Å². The standard InChI is InChI=1S/C45H27N3O2/c1-3-12-28(13-4-1)30-16-9-17-31(26-30)33-19-10-20-37-35-25-24-32(27-40(35)50-41(33)37)44-46-43(29-14-5-2-6-15-29)47-45(48-44)38-22-11-21-36-34-18-7-8-23-39(34)49-42(36)38/h1-27H/i10D,19D,20D,24D,25D,27D. The first-order valence-corrected chi connectivity index (χ1v) is 16.1. The van der Waals surface area contributed by atoms with Crippen LogP contribution < -0.4 is 0 Å². The number of para-hydroxylation sites is 3. The van der Waals surface area contributed by atoms with Gasteiger partial charge >= 0.3 is 0 Å². The average Bonchev–Trinajstić information content (AvgIpc) is 3.83. The topological polar surface area (TPSA) is 65.0 Å². The maximum atomic E-state index is 9.53. The molecule has 10 aromatic rings. The smallest absolute Gasteiger partial charge is 0.167 e. The van der Waals surface area contributed by atoms with Crippen LogP contribution in [0.15, 0.2) is 172 Å². The van der Waals surface area contributed by atoms with Crippen LogP contribution in [0, 0.1) is 0 Å². The van der Waals surface area contributed by atoms with Gasteiger partial charge in [0.1, 0.15) is 22.3 Å². The van der Waals surface area contributed by atoms with Gasteiger partial charge in [0.25, 0.3) is 0 Å². The molecule has 0 N–H and O–H groups in total. The van der Waals surface area contributed by atoms with Crippen molar-refractivity contribution in [1.29, 1.82) is 0 Å². The second kappa shape index (κ2) is 11.4. The Morgan fingerprint density at radius 1 is 0.400 bits per heavy atom. The number of hydrogen-bond donors (Lipinski definition) is 0. The van der Waals surface area contributed by atoms with Gasteiger partial charge in [-0.3, -0.25) is 0 Å². The second-order valence-corrected chi connectivity index (χ2v) is 11.9. The minimum absolute atomic E-state index is 0.0166. The molecule has 5 nitrogen and oxygen atoms in total. The third-order valence-corrected chi connectivity index (χ3v) is 8.86. The van der Waals surface area contributed by atoms with E-state index in [1.807, 2.05) is 121 Å². The van der Waals surface area contributed by atoms with E-state index in [0.717, 1.165) is 21.9 Å². The van der Waals surface area contributed by atoms with Crippen molar-refractivity contribution in [2.45, 2.75) is 0 Å². The van der Waals surface area contributed by atoms with E-state index in [-0.39, 0.29) is 81.0 Å². The van der Waals surface area contributed by atoms with E-state index in [1.165, 1.54) is 0 Å². The number of hydrogen-bond acceptors (Lipinski definition) is 5. The number of benzene rings is 7. The van der Waals surface area contributed by atoms with Crippen LogP contribution in [0.25, 0.3) is 100 Å². The lowest BCUT2D eigenvalue weighted by atomic mass is 9.97. The van der Waals surface area contributed by atoms with Crippen molar-refractivity contribution in [2.75, 3.05) is 0 Å². The molecular weight excluding hydrogens is 615 g/mol. The van der Waals surface area contributed by atoms with Crippen molar-refractivity contribution in [3.8, 4) is 56.4 Å². The Hall–Kier alpha value is -6.85. The first-order valence-electron chi connectivity index (χ1n) is 19.1. The van der Waals surface area contributed by atoms with Gasteiger partial charge < -0.3 is 8.83 Å². The summed E-state index contributed by atoms with van der Waals surface area (Å²) in [6.07, 6.45) is 0. The molecule has 234 valence electrons. The van der Waals surface area contributed by atoms with Crippen LogP contribution in [0.2, 0.25) is 0 Å². The van der Waals surface area contributed by atoms with Crippen molar-refractivity contribution >= 4 is 43.9 Å². The molecule has 0 saturated carbocycles. The summed E-state index contributed by atoms with van der Waals surface area (Å²) in [5.74, 6) is 0.526. The Labute approximate surface area is 295 Å². The normalized spacial score (nSPS) is 13.3. The largest absolute Gasteiger partial charge is 0.455 e. The van der Waals surface area contributed by atoms with Gasteiger partial charge in [-0.2, -0.15) is 0 Å². The fourth-order valence-electron chi connectivity index (χ4n) is 6.46. The maximum Gasteiger partial charge on any atom is 0.167 e. The van der Waals surface area contributed by atoms with E-state index in [1.54, 1.807) is 6.07 Å². The van der Waals surface area contributed by atoms with Gasteiger partial charge in [0, 0.05) is 38.2 Å². The quantitative estimate of drug-likeness (QED) is 0.186. The molecule has 0 unspecified atom stereocenters. The first kappa shape index (κ1) is 22.7. The molecule has 50 heavy (non-hydrogen) atoms. The van der Waals surface area contributed by atoms with Crippen LogP contribution in [0.1, 0.15) is 8.22 Å². The molecule has 3 aromatic heterocycles. The first-order chi connectivity index (χ1) is 27.3. The van der Waals surface area contributed by atoms with E-state index < -0.39 is 0 Å². The van der Waals surface area contributed by atoms with E-state index in [9.17, 15) is 4.11 Å². The highest BCUT2D eigenvalue weighted by Crippen LogP contribution is 2.39. The minimum atomic E-state index is -0.351. The van der Waals surface area contributed by atoms with Crippen LogP contribution in [0.3, 0.4) is 0 Å². The highest BCUT2D eigenvalue weighted by atomic mass is 16.3. The zero-order chi connectivity index (χ0) is 38.2. The molecule has 0 fully saturated rings. The predicted octanol–water partition coefficient (Wildman–Crippen LogP) is 12.0. The molecule has 0 aliphatic heterocycles. The summed E-state index contributed by atoms with van der Waals surface area (Å²) < 4.78 is 67.7. The molecule has 0 atom stereocenters. The molecule has 5 heteroatoms. The van der Waals surface area contributed by atoms with Gasteiger partial charge in [0.2, 0.25) is 0 Å². The molecule has 0 bridgehead atoms. The van der Waals surface area contributed by atoms with Crippen molar-refractivity contribution in [3.63, 3.8) is 0 Å². The molecule has 0 amide bonds. The summed E-state index contributed by atoms with van der Waals surface area (Å²) in [4.78, 5) is 14.5. The molecule has 0 saturated heterocycles. The summed E-state index contributed by atoms with van der Waals surface area (Å²) in [5, 5.41) is 1.95. The Balaban J connectivity index is 1.24. The summed E-state index contributed by atoms with van der Waals surface area (Å²) >= 11 is 0. The summed E-state index contributed by atoms with van der Waals surface area (Å²) in [6, 6.07) is 38.2. The third kappa shape index (κ3) is 4.67. The number of fused-ring (bicyclic) bond motifs is 6. The van der Waals surface area contributed by atoms with E-state index >= 15 is 0 Å². The monoisotopic (exact) mass is 647 g/mol. The lowest BCUT2D eigenvalue weighted by Crippen LogP contribution is -2.00. The highest BCUT2D eigenvalue weighted by molar-refractivity contribution is 6.11. The predicted molar refractivity (Wildman–Crippen MR) is 202 cm³/mol. The van der Waals surface area contributed by atoms with Crippen LogP contribution >= 0.6 is 0 Å². The molecular formula is C45H27N3O2. The number of furan rings is 2. The second-order valence-electron chi connectivity index (χ2n) is 11.9. The maximum absolute atomic E-state index is 9.53. The molecule has 10 rings (SSSR count). The zero-order valence-electron chi connectivity index (χ0n) is 32.3. The number of aromatic nitrogens is 3. The van der Waals surface area contributed by atoms with Gasteiger partial charge in [0.05, 0.1) is 13.8 Å². The van der Waals surface area contributed by atoms with Crippen LogP contribution in [0.5, 0.6) is 0 Å². The van der Waals surface area contributed by atoms with Crippen LogP contribution in [0.4, 0.5) is 0 Å². The molecule has 0 radical (unpaired) electrons. The van der Waals surface area contributed by atoms with Gasteiger partial charge in [0.15, 0.2) is 17.5 Å². The van der Waals surface area contributed by atoms with Crippen molar-refractivity contribution in [1.82, 2.24) is 15.0 Å². The fourth-order valence-corrected chi connectivity index (χ4v) is 6.46. The third-order valence-electron chi connectivity index (χ3n) is 8.86. The summed E-state index contributed by atoms with van der Waals surface area (Å²) in [5.41, 5.74) is 5.16. The Morgan fingerprint density at radius 3 is 1.90 bits per heavy atom. The van der Waals surface area contributed by atoms with Crippen molar-refractivity contribution in [3.05, 3.63) is 164 Å². The van der Waals surface area contributed by atoms with Gasteiger partial charge in [-0.25, -0.2) is 15.0 Å². The van der Waals surface area contributed by atoms with E-state index in [2.05, 4.69) is 0 Å². The molecule has 3 heterocycles. The molecule has 0 spiro atoms.